The molecule has 0 saturated carbocycles. The molecule has 0 atom stereocenters. The van der Waals surface area contributed by atoms with Crippen molar-refractivity contribution in [2.75, 3.05) is 27.3 Å². The molecular formula is C12H16BrNO2. The number of halogens is 1. The second-order valence-electron chi connectivity index (χ2n) is 4.10. The van der Waals surface area contributed by atoms with Crippen LogP contribution >= 0.6 is 15.9 Å². The molecule has 3 nitrogen and oxygen atoms in total. The van der Waals surface area contributed by atoms with Crippen molar-refractivity contribution in [3.8, 4) is 5.75 Å². The van der Waals surface area contributed by atoms with Gasteiger partial charge in [-0.1, -0.05) is 12.1 Å². The Hall–Kier alpha value is -0.580. The van der Waals surface area contributed by atoms with E-state index >= 15 is 0 Å². The average Bonchev–Trinajstić information content (AvgIpc) is 2.23. The minimum absolute atomic E-state index is 0.0614. The molecule has 0 bridgehead atoms. The largest absolute Gasteiger partial charge is 0.495 e. The first-order valence-electron chi connectivity index (χ1n) is 5.28. The molecule has 0 unspecified atom stereocenters. The summed E-state index contributed by atoms with van der Waals surface area (Å²) >= 11 is 3.50. The van der Waals surface area contributed by atoms with Gasteiger partial charge in [-0.3, -0.25) is 0 Å². The van der Waals surface area contributed by atoms with E-state index in [4.69, 9.17) is 9.47 Å². The first kappa shape index (κ1) is 11.9. The number of hydrogen-bond acceptors (Lipinski definition) is 3. The third-order valence-corrected chi connectivity index (χ3v) is 3.72. The molecule has 2 rings (SSSR count). The Morgan fingerprint density at radius 2 is 2.12 bits per heavy atom. The van der Waals surface area contributed by atoms with Gasteiger partial charge in [0.05, 0.1) is 17.2 Å². The zero-order valence-electron chi connectivity index (χ0n) is 9.55. The molecule has 1 fully saturated rings. The predicted molar refractivity (Wildman–Crippen MR) is 67.0 cm³/mol. The molecule has 1 heterocycles. The Bertz CT molecular complexity index is 372. The van der Waals surface area contributed by atoms with Crippen LogP contribution in [0, 0.1) is 0 Å². The van der Waals surface area contributed by atoms with Gasteiger partial charge in [-0.2, -0.15) is 0 Å². The van der Waals surface area contributed by atoms with Crippen molar-refractivity contribution in [1.29, 1.82) is 0 Å². The number of benzene rings is 1. The quantitative estimate of drug-likeness (QED) is 0.918. The summed E-state index contributed by atoms with van der Waals surface area (Å²) in [6.45, 7) is 1.80. The van der Waals surface area contributed by atoms with Gasteiger partial charge in [-0.25, -0.2) is 0 Å². The summed E-state index contributed by atoms with van der Waals surface area (Å²) in [5.74, 6) is 0.908. The van der Waals surface area contributed by atoms with Crippen molar-refractivity contribution in [3.63, 3.8) is 0 Å². The smallest absolute Gasteiger partial charge is 0.136 e. The van der Waals surface area contributed by atoms with Crippen LogP contribution in [-0.2, 0) is 11.2 Å². The molecule has 0 radical (unpaired) electrons. The normalized spacial score (nSPS) is 17.9. The van der Waals surface area contributed by atoms with Crippen molar-refractivity contribution in [2.24, 2.45) is 0 Å². The Morgan fingerprint density at radius 1 is 1.38 bits per heavy atom. The van der Waals surface area contributed by atoms with E-state index in [1.165, 1.54) is 5.56 Å². The number of methoxy groups -OCH3 is 2. The number of nitrogens with one attached hydrogen (secondary N) is 1. The van der Waals surface area contributed by atoms with Gasteiger partial charge in [0.1, 0.15) is 5.75 Å². The molecule has 1 aliphatic heterocycles. The van der Waals surface area contributed by atoms with Gasteiger partial charge >= 0.3 is 0 Å². The van der Waals surface area contributed by atoms with Crippen LogP contribution in [0.4, 0.5) is 0 Å². The summed E-state index contributed by atoms with van der Waals surface area (Å²) in [6.07, 6.45) is 0.874. The van der Waals surface area contributed by atoms with Gasteiger partial charge in [0.15, 0.2) is 0 Å². The fourth-order valence-corrected chi connectivity index (χ4v) is 2.58. The molecule has 1 aromatic rings. The predicted octanol–water partition coefficient (Wildman–Crippen LogP) is 1.99. The summed E-state index contributed by atoms with van der Waals surface area (Å²) < 4.78 is 12.0. The van der Waals surface area contributed by atoms with E-state index in [9.17, 15) is 0 Å². The van der Waals surface area contributed by atoms with Crippen LogP contribution in [0.2, 0.25) is 0 Å². The van der Waals surface area contributed by atoms with Crippen LogP contribution in [0.25, 0.3) is 0 Å². The molecule has 0 aliphatic carbocycles. The Labute approximate surface area is 104 Å². The number of rotatable bonds is 4. The highest BCUT2D eigenvalue weighted by atomic mass is 79.9. The maximum atomic E-state index is 5.58. The maximum Gasteiger partial charge on any atom is 0.136 e. The first-order chi connectivity index (χ1) is 7.71. The van der Waals surface area contributed by atoms with Crippen LogP contribution in [-0.4, -0.2) is 32.9 Å². The fourth-order valence-electron chi connectivity index (χ4n) is 2.01. The topological polar surface area (TPSA) is 30.5 Å². The van der Waals surface area contributed by atoms with Gasteiger partial charge in [-0.15, -0.1) is 0 Å². The monoisotopic (exact) mass is 285 g/mol. The second-order valence-corrected chi connectivity index (χ2v) is 4.95. The lowest BCUT2D eigenvalue weighted by Gasteiger charge is -2.41. The fraction of sp³-hybridized carbons (Fsp3) is 0.500. The van der Waals surface area contributed by atoms with Crippen molar-refractivity contribution in [2.45, 2.75) is 12.0 Å². The van der Waals surface area contributed by atoms with E-state index in [0.29, 0.717) is 0 Å². The molecule has 0 aromatic heterocycles. The van der Waals surface area contributed by atoms with Crippen molar-refractivity contribution >= 4 is 15.9 Å². The van der Waals surface area contributed by atoms with Crippen LogP contribution in [0.15, 0.2) is 22.7 Å². The number of hydrogen-bond donors (Lipinski definition) is 1. The number of ether oxygens (including phenoxy) is 2. The average molecular weight is 286 g/mol. The van der Waals surface area contributed by atoms with Gasteiger partial charge < -0.3 is 14.8 Å². The number of para-hydroxylation sites is 1. The molecule has 1 N–H and O–H groups in total. The first-order valence-corrected chi connectivity index (χ1v) is 6.07. The summed E-state index contributed by atoms with van der Waals surface area (Å²) in [6, 6.07) is 6.10. The third-order valence-electron chi connectivity index (χ3n) is 3.09. The van der Waals surface area contributed by atoms with Crippen LogP contribution in [0.1, 0.15) is 5.56 Å². The van der Waals surface area contributed by atoms with Gasteiger partial charge in [0, 0.05) is 26.6 Å². The van der Waals surface area contributed by atoms with Gasteiger partial charge in [0.2, 0.25) is 0 Å². The van der Waals surface area contributed by atoms with E-state index in [1.54, 1.807) is 14.2 Å². The van der Waals surface area contributed by atoms with Crippen molar-refractivity contribution in [3.05, 3.63) is 28.2 Å². The second kappa shape index (κ2) is 4.73. The summed E-state index contributed by atoms with van der Waals surface area (Å²) in [5.41, 5.74) is 1.12. The highest BCUT2D eigenvalue weighted by molar-refractivity contribution is 9.10. The standard InChI is InChI=1S/C12H16BrNO2/c1-15-11-9(4-3-5-10(11)13)6-12(16-2)7-14-8-12/h3-5,14H,6-8H2,1-2H3. The minimum atomic E-state index is -0.0614. The zero-order valence-corrected chi connectivity index (χ0v) is 11.1. The molecule has 0 spiro atoms. The maximum absolute atomic E-state index is 5.58. The minimum Gasteiger partial charge on any atom is -0.495 e. The summed E-state index contributed by atoms with van der Waals surface area (Å²) in [5, 5.41) is 3.25. The van der Waals surface area contributed by atoms with Crippen LogP contribution in [0.3, 0.4) is 0 Å². The molecular weight excluding hydrogens is 270 g/mol. The van der Waals surface area contributed by atoms with Crippen molar-refractivity contribution < 1.29 is 9.47 Å². The molecule has 88 valence electrons. The van der Waals surface area contributed by atoms with Crippen molar-refractivity contribution in [1.82, 2.24) is 5.32 Å². The van der Waals surface area contributed by atoms with E-state index in [-0.39, 0.29) is 5.60 Å². The highest BCUT2D eigenvalue weighted by Gasteiger charge is 2.37. The lowest BCUT2D eigenvalue weighted by Crippen LogP contribution is -2.61. The van der Waals surface area contributed by atoms with Gasteiger partial charge in [-0.05, 0) is 27.6 Å². The highest BCUT2D eigenvalue weighted by Crippen LogP contribution is 2.33. The molecule has 16 heavy (non-hydrogen) atoms. The molecule has 1 saturated heterocycles. The summed E-state index contributed by atoms with van der Waals surface area (Å²) in [4.78, 5) is 0. The third kappa shape index (κ3) is 2.10. The summed E-state index contributed by atoms with van der Waals surface area (Å²) in [7, 11) is 3.47. The van der Waals surface area contributed by atoms with Gasteiger partial charge in [0.25, 0.3) is 0 Å². The Morgan fingerprint density at radius 3 is 2.62 bits per heavy atom. The van der Waals surface area contributed by atoms with E-state index in [0.717, 1.165) is 29.7 Å². The van der Waals surface area contributed by atoms with Crippen LogP contribution < -0.4 is 10.1 Å². The molecule has 1 aromatic carbocycles. The lowest BCUT2D eigenvalue weighted by atomic mass is 9.88. The van der Waals surface area contributed by atoms with E-state index in [1.807, 2.05) is 12.1 Å². The van der Waals surface area contributed by atoms with E-state index < -0.39 is 0 Å². The Kier molecular flexibility index (Phi) is 3.52. The van der Waals surface area contributed by atoms with Crippen LogP contribution in [0.5, 0.6) is 5.75 Å². The lowest BCUT2D eigenvalue weighted by molar-refractivity contribution is -0.0505. The molecule has 4 heteroatoms. The van der Waals surface area contributed by atoms with E-state index in [2.05, 4.69) is 27.3 Å². The zero-order chi connectivity index (χ0) is 11.6. The SMILES string of the molecule is COc1c(Br)cccc1CC1(OC)CNC1. The molecule has 0 amide bonds. The molecule has 1 aliphatic rings. The Balaban J connectivity index is 2.23.